The molecule has 1 N–H and O–H groups in total. The molecule has 7 nitrogen and oxygen atoms in total. The Morgan fingerprint density at radius 3 is 2.70 bits per heavy atom. The largest absolute Gasteiger partial charge is 0.496 e. The van der Waals surface area contributed by atoms with E-state index < -0.39 is 0 Å². The summed E-state index contributed by atoms with van der Waals surface area (Å²) in [4.78, 5) is 21.4. The van der Waals surface area contributed by atoms with Gasteiger partial charge in [0.2, 0.25) is 5.91 Å². The number of nitrogens with one attached hydrogen (secondary N) is 1. The molecule has 0 saturated carbocycles. The Bertz CT molecular complexity index is 945. The van der Waals surface area contributed by atoms with Gasteiger partial charge in [-0.05, 0) is 31.0 Å². The molecule has 2 aliphatic heterocycles. The van der Waals surface area contributed by atoms with Gasteiger partial charge in [-0.1, -0.05) is 6.07 Å². The molecule has 0 spiro atoms. The summed E-state index contributed by atoms with van der Waals surface area (Å²) in [6.07, 6.45) is 3.65. The number of nitrogens with zero attached hydrogens (tertiary/aromatic N) is 4. The van der Waals surface area contributed by atoms with E-state index in [2.05, 4.69) is 21.3 Å². The number of pyridine rings is 1. The Kier molecular flexibility index (Phi) is 5.81. The van der Waals surface area contributed by atoms with E-state index in [0.29, 0.717) is 30.9 Å². The van der Waals surface area contributed by atoms with Crippen molar-refractivity contribution in [3.63, 3.8) is 0 Å². The first kappa shape index (κ1) is 20.1. The van der Waals surface area contributed by atoms with E-state index in [1.165, 1.54) is 19.2 Å². The molecule has 2 fully saturated rings. The van der Waals surface area contributed by atoms with Crippen LogP contribution in [0.4, 0.5) is 10.2 Å². The molecule has 1 aromatic carbocycles. The molecule has 3 heterocycles. The lowest BCUT2D eigenvalue weighted by molar-refractivity contribution is -0.131. The molecule has 0 aliphatic carbocycles. The Morgan fingerprint density at radius 2 is 2.07 bits per heavy atom. The second-order valence-electron chi connectivity index (χ2n) is 7.67. The number of ether oxygens (including phenoxy) is 1. The molecule has 2 atom stereocenters. The van der Waals surface area contributed by atoms with Crippen LogP contribution in [0, 0.1) is 17.1 Å². The maximum atomic E-state index is 13.3. The van der Waals surface area contributed by atoms with Crippen molar-refractivity contribution < 1.29 is 13.9 Å². The number of carbonyl (C=O) groups excluding carboxylic acids is 1. The minimum Gasteiger partial charge on any atom is -0.496 e. The van der Waals surface area contributed by atoms with E-state index in [4.69, 9.17) is 10.00 Å². The first-order valence-electron chi connectivity index (χ1n) is 10.0. The van der Waals surface area contributed by atoms with Gasteiger partial charge in [-0.3, -0.25) is 4.79 Å². The number of anilines is 1. The van der Waals surface area contributed by atoms with Crippen molar-refractivity contribution in [2.24, 2.45) is 0 Å². The monoisotopic (exact) mass is 409 g/mol. The van der Waals surface area contributed by atoms with Gasteiger partial charge in [0.25, 0.3) is 0 Å². The van der Waals surface area contributed by atoms with Crippen LogP contribution in [-0.2, 0) is 11.3 Å². The Labute approximate surface area is 175 Å². The minimum atomic E-state index is -0.350. The third-order valence-electron chi connectivity index (χ3n) is 5.82. The second-order valence-corrected chi connectivity index (χ2v) is 7.67. The molecule has 30 heavy (non-hydrogen) atoms. The van der Waals surface area contributed by atoms with E-state index in [1.54, 1.807) is 18.3 Å². The van der Waals surface area contributed by atoms with Crippen LogP contribution in [0.15, 0.2) is 36.5 Å². The van der Waals surface area contributed by atoms with Crippen molar-refractivity contribution in [1.82, 2.24) is 15.2 Å². The topological polar surface area (TPSA) is 81.5 Å². The molecular weight excluding hydrogens is 385 g/mol. The van der Waals surface area contributed by atoms with Gasteiger partial charge in [0, 0.05) is 49.5 Å². The lowest BCUT2D eigenvalue weighted by atomic mass is 10.1. The number of rotatable bonds is 6. The minimum absolute atomic E-state index is 0.0559. The first-order valence-corrected chi connectivity index (χ1v) is 10.0. The van der Waals surface area contributed by atoms with Crippen molar-refractivity contribution in [2.75, 3.05) is 31.6 Å². The van der Waals surface area contributed by atoms with E-state index in [1.807, 2.05) is 11.0 Å². The van der Waals surface area contributed by atoms with Crippen LogP contribution in [0.1, 0.15) is 24.0 Å². The van der Waals surface area contributed by atoms with Crippen LogP contribution in [0.25, 0.3) is 0 Å². The van der Waals surface area contributed by atoms with Gasteiger partial charge in [0.15, 0.2) is 0 Å². The zero-order chi connectivity index (χ0) is 21.1. The predicted molar refractivity (Wildman–Crippen MR) is 109 cm³/mol. The van der Waals surface area contributed by atoms with Gasteiger partial charge < -0.3 is 19.9 Å². The quantitative estimate of drug-likeness (QED) is 0.787. The summed E-state index contributed by atoms with van der Waals surface area (Å²) < 4.78 is 18.5. The van der Waals surface area contributed by atoms with Crippen molar-refractivity contribution in [1.29, 1.82) is 5.26 Å². The van der Waals surface area contributed by atoms with Gasteiger partial charge >= 0.3 is 0 Å². The van der Waals surface area contributed by atoms with Gasteiger partial charge in [-0.25, -0.2) is 9.37 Å². The van der Waals surface area contributed by atoms with Crippen LogP contribution >= 0.6 is 0 Å². The van der Waals surface area contributed by atoms with E-state index >= 15 is 0 Å². The number of hydrogen-bond acceptors (Lipinski definition) is 6. The average Bonchev–Trinajstić information content (AvgIpc) is 3.03. The summed E-state index contributed by atoms with van der Waals surface area (Å²) in [5.74, 6) is 1.05. The molecular formula is C22H24FN5O2. The Morgan fingerprint density at radius 1 is 1.30 bits per heavy atom. The van der Waals surface area contributed by atoms with Gasteiger partial charge in [-0.15, -0.1) is 0 Å². The van der Waals surface area contributed by atoms with Crippen LogP contribution in [0.3, 0.4) is 0 Å². The number of benzene rings is 1. The third-order valence-corrected chi connectivity index (χ3v) is 5.82. The standard InChI is InChI=1S/C22H24FN5O2/c1-30-20-8-17(23)4-3-16(20)11-25-12-22(29)27-13-18-5-6-19(14-27)28(18)21-7-2-15(9-24)10-26-21/h2-4,7-8,10,18-19,25H,5-6,11-14H2,1H3. The van der Waals surface area contributed by atoms with Crippen LogP contribution in [-0.4, -0.2) is 54.6 Å². The molecule has 156 valence electrons. The van der Waals surface area contributed by atoms with Gasteiger partial charge in [-0.2, -0.15) is 5.26 Å². The number of fused-ring (bicyclic) bond motifs is 2. The van der Waals surface area contributed by atoms with Crippen molar-refractivity contribution >= 4 is 11.7 Å². The predicted octanol–water partition coefficient (Wildman–Crippen LogP) is 2.07. The Hall–Kier alpha value is -3.18. The summed E-state index contributed by atoms with van der Waals surface area (Å²) in [7, 11) is 1.50. The molecule has 2 unspecified atom stereocenters. The summed E-state index contributed by atoms with van der Waals surface area (Å²) in [6, 6.07) is 10.6. The summed E-state index contributed by atoms with van der Waals surface area (Å²) in [6.45, 7) is 1.98. The summed E-state index contributed by atoms with van der Waals surface area (Å²) in [5, 5.41) is 12.1. The maximum absolute atomic E-state index is 13.3. The van der Waals surface area contributed by atoms with Crippen LogP contribution in [0.2, 0.25) is 0 Å². The van der Waals surface area contributed by atoms with Gasteiger partial charge in [0.1, 0.15) is 23.5 Å². The number of nitriles is 1. The number of hydrogen-bond donors (Lipinski definition) is 1. The molecule has 2 aromatic rings. The fourth-order valence-corrected chi connectivity index (χ4v) is 4.37. The number of carbonyl (C=O) groups is 1. The maximum Gasteiger partial charge on any atom is 0.236 e. The van der Waals surface area contributed by atoms with E-state index in [9.17, 15) is 9.18 Å². The number of amides is 1. The fourth-order valence-electron chi connectivity index (χ4n) is 4.37. The lowest BCUT2D eigenvalue weighted by Crippen LogP contribution is -2.57. The molecule has 1 amide bonds. The van der Waals surface area contributed by atoms with E-state index in [-0.39, 0.29) is 30.4 Å². The fraction of sp³-hybridized carbons (Fsp3) is 0.409. The van der Waals surface area contributed by atoms with Crippen molar-refractivity contribution in [3.05, 3.63) is 53.5 Å². The van der Waals surface area contributed by atoms with Crippen LogP contribution in [0.5, 0.6) is 5.75 Å². The van der Waals surface area contributed by atoms with Crippen molar-refractivity contribution in [2.45, 2.75) is 31.5 Å². The highest BCUT2D eigenvalue weighted by Crippen LogP contribution is 2.33. The normalized spacial score (nSPS) is 20.2. The zero-order valence-electron chi connectivity index (χ0n) is 16.8. The zero-order valence-corrected chi connectivity index (χ0v) is 16.8. The summed E-state index contributed by atoms with van der Waals surface area (Å²) >= 11 is 0. The number of likely N-dealkylation sites (tertiary alicyclic amines) is 1. The molecule has 8 heteroatoms. The molecule has 2 saturated heterocycles. The smallest absolute Gasteiger partial charge is 0.236 e. The molecule has 1 aromatic heterocycles. The SMILES string of the molecule is COc1cc(F)ccc1CNCC(=O)N1CC2CCC(C1)N2c1ccc(C#N)cn1. The number of piperazine rings is 1. The average molecular weight is 409 g/mol. The highest BCUT2D eigenvalue weighted by molar-refractivity contribution is 5.79. The number of methoxy groups -OCH3 is 1. The Balaban J connectivity index is 1.33. The number of halogens is 1. The van der Waals surface area contributed by atoms with E-state index in [0.717, 1.165) is 24.2 Å². The third kappa shape index (κ3) is 4.07. The highest BCUT2D eigenvalue weighted by atomic mass is 19.1. The summed E-state index contributed by atoms with van der Waals surface area (Å²) in [5.41, 5.74) is 1.35. The molecule has 2 aliphatic rings. The first-order chi connectivity index (χ1) is 14.6. The highest BCUT2D eigenvalue weighted by Gasteiger charge is 2.41. The van der Waals surface area contributed by atoms with Gasteiger partial charge in [0.05, 0.1) is 19.2 Å². The van der Waals surface area contributed by atoms with Crippen LogP contribution < -0.4 is 15.0 Å². The number of aromatic nitrogens is 1. The molecule has 4 rings (SSSR count). The second kappa shape index (κ2) is 8.67. The lowest BCUT2D eigenvalue weighted by Gasteiger charge is -2.41. The van der Waals surface area contributed by atoms with Crippen molar-refractivity contribution in [3.8, 4) is 11.8 Å². The molecule has 0 radical (unpaired) electrons. The molecule has 2 bridgehead atoms.